The van der Waals surface area contributed by atoms with Gasteiger partial charge in [-0.05, 0) is 43.2 Å². The molecular formula is C21H18F3N3O3. The lowest BCUT2D eigenvalue weighted by Crippen LogP contribution is -2.47. The first-order valence-corrected chi connectivity index (χ1v) is 9.27. The fraction of sp³-hybridized carbons (Fsp3) is 0.286. The topological polar surface area (TPSA) is 73.3 Å². The first-order valence-electron chi connectivity index (χ1n) is 9.27. The summed E-state index contributed by atoms with van der Waals surface area (Å²) in [4.78, 5) is 20.4. The normalized spacial score (nSPS) is 18.7. The van der Waals surface area contributed by atoms with Crippen molar-refractivity contribution in [2.75, 3.05) is 7.11 Å². The SMILES string of the molecule is COC1CC(NC(=O)c2ccc3cc(Oc4ccc(C(F)(F)F)cn4)ccc3n2)C1. The zero-order valence-corrected chi connectivity index (χ0v) is 15.9. The highest BCUT2D eigenvalue weighted by Crippen LogP contribution is 2.30. The van der Waals surface area contributed by atoms with Crippen LogP contribution >= 0.6 is 0 Å². The number of amides is 1. The molecule has 6 nitrogen and oxygen atoms in total. The third kappa shape index (κ3) is 4.35. The van der Waals surface area contributed by atoms with Crippen molar-refractivity contribution in [3.8, 4) is 11.6 Å². The maximum absolute atomic E-state index is 12.6. The van der Waals surface area contributed by atoms with E-state index in [1.807, 2.05) is 0 Å². The molecule has 9 heteroatoms. The maximum atomic E-state index is 12.6. The van der Waals surface area contributed by atoms with E-state index in [0.29, 0.717) is 17.0 Å². The van der Waals surface area contributed by atoms with Crippen molar-refractivity contribution in [2.45, 2.75) is 31.2 Å². The van der Waals surface area contributed by atoms with E-state index in [1.54, 1.807) is 37.4 Å². The van der Waals surface area contributed by atoms with Crippen molar-refractivity contribution in [2.24, 2.45) is 0 Å². The molecule has 1 saturated carbocycles. The molecule has 0 unspecified atom stereocenters. The smallest absolute Gasteiger partial charge is 0.417 e. The molecule has 0 bridgehead atoms. The summed E-state index contributed by atoms with van der Waals surface area (Å²) in [7, 11) is 1.65. The Morgan fingerprint density at radius 1 is 1.13 bits per heavy atom. The minimum absolute atomic E-state index is 0.0427. The molecule has 1 aliphatic rings. The largest absolute Gasteiger partial charge is 0.439 e. The highest BCUT2D eigenvalue weighted by atomic mass is 19.4. The Morgan fingerprint density at radius 2 is 1.93 bits per heavy atom. The molecule has 156 valence electrons. The number of alkyl halides is 3. The van der Waals surface area contributed by atoms with Crippen LogP contribution in [0.1, 0.15) is 28.9 Å². The summed E-state index contributed by atoms with van der Waals surface area (Å²) in [6.07, 6.45) is -1.96. The number of rotatable bonds is 5. The number of hydrogen-bond donors (Lipinski definition) is 1. The number of nitrogens with zero attached hydrogens (tertiary/aromatic N) is 2. The molecule has 1 aliphatic carbocycles. The zero-order chi connectivity index (χ0) is 21.3. The van der Waals surface area contributed by atoms with Crippen LogP contribution in [0.2, 0.25) is 0 Å². The molecule has 0 aliphatic heterocycles. The van der Waals surface area contributed by atoms with Crippen molar-refractivity contribution in [1.29, 1.82) is 0 Å². The van der Waals surface area contributed by atoms with Crippen LogP contribution in [-0.2, 0) is 10.9 Å². The van der Waals surface area contributed by atoms with Crippen molar-refractivity contribution in [3.63, 3.8) is 0 Å². The van der Waals surface area contributed by atoms with Gasteiger partial charge in [-0.15, -0.1) is 0 Å². The molecule has 1 amide bonds. The first-order chi connectivity index (χ1) is 14.3. The van der Waals surface area contributed by atoms with Crippen molar-refractivity contribution >= 4 is 16.8 Å². The van der Waals surface area contributed by atoms with E-state index >= 15 is 0 Å². The van der Waals surface area contributed by atoms with Gasteiger partial charge >= 0.3 is 6.18 Å². The molecule has 0 atom stereocenters. The second-order valence-corrected chi connectivity index (χ2v) is 7.04. The van der Waals surface area contributed by atoms with Gasteiger partial charge in [0, 0.05) is 30.8 Å². The summed E-state index contributed by atoms with van der Waals surface area (Å²) in [6.45, 7) is 0. The van der Waals surface area contributed by atoms with E-state index in [1.165, 1.54) is 0 Å². The van der Waals surface area contributed by atoms with E-state index in [4.69, 9.17) is 9.47 Å². The van der Waals surface area contributed by atoms with Gasteiger partial charge in [0.25, 0.3) is 5.91 Å². The fourth-order valence-electron chi connectivity index (χ4n) is 3.16. The number of halogens is 3. The lowest BCUT2D eigenvalue weighted by atomic mass is 9.89. The second-order valence-electron chi connectivity index (χ2n) is 7.04. The highest BCUT2D eigenvalue weighted by Gasteiger charge is 2.31. The quantitative estimate of drug-likeness (QED) is 0.668. The number of carbonyl (C=O) groups is 1. The number of methoxy groups -OCH3 is 1. The summed E-state index contributed by atoms with van der Waals surface area (Å²) in [5, 5.41) is 3.65. The van der Waals surface area contributed by atoms with Crippen LogP contribution in [0, 0.1) is 0 Å². The molecule has 4 rings (SSSR count). The second kappa shape index (κ2) is 7.91. The predicted octanol–water partition coefficient (Wildman–Crippen LogP) is 4.35. The maximum Gasteiger partial charge on any atom is 0.417 e. The van der Waals surface area contributed by atoms with Gasteiger partial charge in [0.1, 0.15) is 11.4 Å². The van der Waals surface area contributed by atoms with Crippen molar-refractivity contribution in [1.82, 2.24) is 15.3 Å². The number of hydrogen-bond acceptors (Lipinski definition) is 5. The van der Waals surface area contributed by atoms with Crippen LogP contribution in [0.4, 0.5) is 13.2 Å². The van der Waals surface area contributed by atoms with Crippen LogP contribution in [0.15, 0.2) is 48.7 Å². The van der Waals surface area contributed by atoms with Gasteiger partial charge in [-0.1, -0.05) is 6.07 Å². The number of nitrogens with one attached hydrogen (secondary N) is 1. The number of ether oxygens (including phenoxy) is 2. The molecule has 1 N–H and O–H groups in total. The number of pyridine rings is 2. The Kier molecular flexibility index (Phi) is 5.29. The average molecular weight is 417 g/mol. The molecule has 0 radical (unpaired) electrons. The third-order valence-corrected chi connectivity index (χ3v) is 4.94. The zero-order valence-electron chi connectivity index (χ0n) is 15.9. The van der Waals surface area contributed by atoms with Crippen molar-refractivity contribution < 1.29 is 27.4 Å². The van der Waals surface area contributed by atoms with Gasteiger partial charge in [0.05, 0.1) is 17.2 Å². The Balaban J connectivity index is 1.44. The third-order valence-electron chi connectivity index (χ3n) is 4.94. The molecular weight excluding hydrogens is 399 g/mol. The summed E-state index contributed by atoms with van der Waals surface area (Å²) >= 11 is 0. The van der Waals surface area contributed by atoms with Crippen LogP contribution in [0.5, 0.6) is 11.6 Å². The van der Waals surface area contributed by atoms with Crippen molar-refractivity contribution in [3.05, 3.63) is 59.9 Å². The van der Waals surface area contributed by atoms with Crippen LogP contribution in [0.25, 0.3) is 10.9 Å². The Labute approximate surface area is 170 Å². The summed E-state index contributed by atoms with van der Waals surface area (Å²) in [5.41, 5.74) is 0.0585. The lowest BCUT2D eigenvalue weighted by Gasteiger charge is -2.34. The summed E-state index contributed by atoms with van der Waals surface area (Å²) in [5.74, 6) is 0.195. The molecule has 3 aromatic rings. The molecule has 0 saturated heterocycles. The Hall–Kier alpha value is -3.20. The molecule has 0 spiro atoms. The van der Waals surface area contributed by atoms with E-state index in [2.05, 4.69) is 15.3 Å². The predicted molar refractivity (Wildman–Crippen MR) is 102 cm³/mol. The molecule has 1 fully saturated rings. The molecule has 2 heterocycles. The van der Waals surface area contributed by atoms with E-state index < -0.39 is 11.7 Å². The van der Waals surface area contributed by atoms with Gasteiger partial charge in [0.2, 0.25) is 5.88 Å². The Morgan fingerprint density at radius 3 is 2.60 bits per heavy atom. The monoisotopic (exact) mass is 417 g/mol. The molecule has 1 aromatic carbocycles. The van der Waals surface area contributed by atoms with Gasteiger partial charge < -0.3 is 14.8 Å². The van der Waals surface area contributed by atoms with Crippen LogP contribution < -0.4 is 10.1 Å². The van der Waals surface area contributed by atoms with Gasteiger partial charge in [-0.3, -0.25) is 4.79 Å². The number of benzene rings is 1. The lowest BCUT2D eigenvalue weighted by molar-refractivity contribution is -0.137. The number of aromatic nitrogens is 2. The minimum atomic E-state index is -4.45. The van der Waals surface area contributed by atoms with E-state index in [9.17, 15) is 18.0 Å². The van der Waals surface area contributed by atoms with Crippen LogP contribution in [-0.4, -0.2) is 35.1 Å². The number of fused-ring (bicyclic) bond motifs is 1. The molecule has 30 heavy (non-hydrogen) atoms. The highest BCUT2D eigenvalue weighted by molar-refractivity contribution is 5.95. The standard InChI is InChI=1S/C21H18F3N3O3/c1-29-16-9-14(10-16)26-20(28)18-5-2-12-8-15(4-6-17(12)27-18)30-19-7-3-13(11-25-19)21(22,23)24/h2-8,11,14,16H,9-10H2,1H3,(H,26,28). The fourth-order valence-corrected chi connectivity index (χ4v) is 3.16. The van der Waals surface area contributed by atoms with E-state index in [-0.39, 0.29) is 23.9 Å². The number of carbonyl (C=O) groups excluding carboxylic acids is 1. The van der Waals surface area contributed by atoms with Gasteiger partial charge in [-0.25, -0.2) is 9.97 Å². The van der Waals surface area contributed by atoms with Gasteiger partial charge in [0.15, 0.2) is 0 Å². The summed E-state index contributed by atoms with van der Waals surface area (Å²) < 4.78 is 48.6. The first kappa shape index (κ1) is 20.1. The van der Waals surface area contributed by atoms with Crippen LogP contribution in [0.3, 0.4) is 0 Å². The van der Waals surface area contributed by atoms with E-state index in [0.717, 1.165) is 36.6 Å². The van der Waals surface area contributed by atoms with Gasteiger partial charge in [-0.2, -0.15) is 13.2 Å². The summed E-state index contributed by atoms with van der Waals surface area (Å²) in [6, 6.07) is 10.5. The molecule has 2 aromatic heterocycles. The Bertz CT molecular complexity index is 1060. The average Bonchev–Trinajstić information content (AvgIpc) is 2.69. The minimum Gasteiger partial charge on any atom is -0.439 e.